The Hall–Kier alpha value is -3.63. The molecule has 0 fully saturated rings. The van der Waals surface area contributed by atoms with E-state index in [2.05, 4.69) is 20.9 Å². The zero-order valence-electron chi connectivity index (χ0n) is 22.6. The van der Waals surface area contributed by atoms with Gasteiger partial charge in [-0.1, -0.05) is 43.6 Å². The van der Waals surface area contributed by atoms with Crippen molar-refractivity contribution in [3.05, 3.63) is 69.2 Å². The lowest BCUT2D eigenvalue weighted by atomic mass is 9.88. The van der Waals surface area contributed by atoms with E-state index in [9.17, 15) is 14.4 Å². The number of anilines is 1. The Balaban J connectivity index is 1.77. The molecule has 2 aromatic heterocycles. The topological polar surface area (TPSA) is 119 Å². The van der Waals surface area contributed by atoms with Crippen molar-refractivity contribution in [1.29, 1.82) is 0 Å². The van der Waals surface area contributed by atoms with Gasteiger partial charge in [-0.05, 0) is 44.5 Å². The second-order valence-corrected chi connectivity index (χ2v) is 10.2. The van der Waals surface area contributed by atoms with Crippen LogP contribution in [0.25, 0.3) is 5.69 Å². The van der Waals surface area contributed by atoms with E-state index in [1.165, 1.54) is 16.9 Å². The van der Waals surface area contributed by atoms with Gasteiger partial charge in [0.2, 0.25) is 11.8 Å². The van der Waals surface area contributed by atoms with E-state index >= 15 is 0 Å². The lowest BCUT2D eigenvalue weighted by Gasteiger charge is -2.24. The molecule has 0 aliphatic heterocycles. The van der Waals surface area contributed by atoms with Crippen LogP contribution in [-0.4, -0.2) is 46.4 Å². The number of amides is 2. The maximum absolute atomic E-state index is 13.4. The number of benzene rings is 1. The first-order valence-electron chi connectivity index (χ1n) is 12.4. The van der Waals surface area contributed by atoms with E-state index in [0.717, 1.165) is 0 Å². The lowest BCUT2D eigenvalue weighted by Crippen LogP contribution is -2.37. The third kappa shape index (κ3) is 6.62. The molecular weight excluding hydrogens is 508 g/mol. The molecule has 0 bridgehead atoms. The normalized spacial score (nSPS) is 12.2. The molecule has 38 heavy (non-hydrogen) atoms. The Labute approximate surface area is 227 Å². The molecule has 1 atom stereocenters. The van der Waals surface area contributed by atoms with Crippen molar-refractivity contribution in [2.24, 2.45) is 12.5 Å². The summed E-state index contributed by atoms with van der Waals surface area (Å²) in [5.74, 6) is -0.554. The summed E-state index contributed by atoms with van der Waals surface area (Å²) < 4.78 is 8.71. The summed E-state index contributed by atoms with van der Waals surface area (Å²) in [6.07, 6.45) is 1.47. The molecule has 2 heterocycles. The third-order valence-corrected chi connectivity index (χ3v) is 6.34. The van der Waals surface area contributed by atoms with Crippen molar-refractivity contribution in [3.8, 4) is 11.6 Å². The molecule has 0 saturated carbocycles. The quantitative estimate of drug-likeness (QED) is 0.340. The number of nitrogens with one attached hydrogen (secondary N) is 3. The maximum Gasteiger partial charge on any atom is 0.295 e. The minimum atomic E-state index is -0.625. The zero-order valence-corrected chi connectivity index (χ0v) is 23.3. The predicted molar refractivity (Wildman–Crippen MR) is 148 cm³/mol. The zero-order chi connectivity index (χ0) is 28.0. The highest BCUT2D eigenvalue weighted by atomic mass is 35.5. The predicted octanol–water partition coefficient (Wildman–Crippen LogP) is 3.69. The van der Waals surface area contributed by atoms with Crippen LogP contribution in [0.3, 0.4) is 0 Å². The van der Waals surface area contributed by atoms with Gasteiger partial charge in [0.05, 0.1) is 23.0 Å². The number of carbonyl (C=O) groups excluding carboxylic acids is 2. The molecule has 0 saturated heterocycles. The molecule has 3 N–H and O–H groups in total. The largest absolute Gasteiger partial charge is 0.477 e. The van der Waals surface area contributed by atoms with E-state index in [1.807, 2.05) is 51.1 Å². The van der Waals surface area contributed by atoms with Crippen LogP contribution in [0, 0.1) is 5.41 Å². The second-order valence-electron chi connectivity index (χ2n) is 9.76. The summed E-state index contributed by atoms with van der Waals surface area (Å²) in [4.78, 5) is 43.5. The van der Waals surface area contributed by atoms with Crippen molar-refractivity contribution < 1.29 is 14.3 Å². The number of para-hydroxylation sites is 1. The van der Waals surface area contributed by atoms with Crippen LogP contribution in [0.1, 0.15) is 56.2 Å². The first-order chi connectivity index (χ1) is 18.0. The van der Waals surface area contributed by atoms with Gasteiger partial charge in [-0.2, -0.15) is 0 Å². The van der Waals surface area contributed by atoms with E-state index in [1.54, 1.807) is 25.7 Å². The van der Waals surface area contributed by atoms with Crippen molar-refractivity contribution in [2.75, 3.05) is 25.5 Å². The van der Waals surface area contributed by atoms with Gasteiger partial charge in [0.25, 0.3) is 11.5 Å². The van der Waals surface area contributed by atoms with Gasteiger partial charge in [0.1, 0.15) is 11.3 Å². The van der Waals surface area contributed by atoms with Gasteiger partial charge in [-0.15, -0.1) is 0 Å². The summed E-state index contributed by atoms with van der Waals surface area (Å²) in [6, 6.07) is 10.5. The minimum absolute atomic E-state index is 0.0619. The molecule has 10 nitrogen and oxygen atoms in total. The average Bonchev–Trinajstić information content (AvgIpc) is 3.12. The molecule has 204 valence electrons. The Morgan fingerprint density at radius 2 is 1.89 bits per heavy atom. The van der Waals surface area contributed by atoms with Crippen LogP contribution in [0.5, 0.6) is 5.88 Å². The summed E-state index contributed by atoms with van der Waals surface area (Å²) in [6.45, 7) is 7.97. The molecule has 1 unspecified atom stereocenters. The average molecular weight is 543 g/mol. The molecule has 1 aromatic carbocycles. The highest BCUT2D eigenvalue weighted by molar-refractivity contribution is 6.30. The summed E-state index contributed by atoms with van der Waals surface area (Å²) in [5, 5.41) is 9.14. The number of aromatic nitrogens is 3. The van der Waals surface area contributed by atoms with Crippen molar-refractivity contribution in [2.45, 2.75) is 40.2 Å². The monoisotopic (exact) mass is 542 g/mol. The Morgan fingerprint density at radius 3 is 2.53 bits per heavy atom. The van der Waals surface area contributed by atoms with E-state index in [0.29, 0.717) is 23.0 Å². The summed E-state index contributed by atoms with van der Waals surface area (Å²) in [5.41, 5.74) is 0.824. The van der Waals surface area contributed by atoms with Crippen LogP contribution in [-0.2, 0) is 11.8 Å². The van der Waals surface area contributed by atoms with Gasteiger partial charge in [-0.3, -0.25) is 19.1 Å². The number of hydrogen-bond donors (Lipinski definition) is 3. The highest BCUT2D eigenvalue weighted by Gasteiger charge is 2.28. The minimum Gasteiger partial charge on any atom is -0.477 e. The number of halogens is 1. The fourth-order valence-electron chi connectivity index (χ4n) is 4.17. The second kappa shape index (κ2) is 12.3. The first kappa shape index (κ1) is 28.9. The van der Waals surface area contributed by atoms with E-state index in [-0.39, 0.29) is 47.6 Å². The van der Waals surface area contributed by atoms with Gasteiger partial charge in [0.15, 0.2) is 0 Å². The Bertz CT molecular complexity index is 1350. The SMILES string of the molecule is CCOc1ncc(Cl)cc1C(=O)NCC(C)(C)CC(=O)Nc1c(C(C)NC)n(C)n(-c2ccccc2)c1=O. The molecule has 0 aliphatic carbocycles. The standard InChI is InChI=1S/C27H35ClN6O4/c1-7-38-25-20(13-18(28)15-30-25)24(36)31-16-27(3,4)14-21(35)32-22-23(17(2)29-5)33(6)34(26(22)37)19-11-9-8-10-12-19/h8-13,15,17,29H,7,14,16H2,1-6H3,(H,31,36)(H,32,35). The molecule has 0 aliphatic rings. The van der Waals surface area contributed by atoms with E-state index in [4.69, 9.17) is 16.3 Å². The first-order valence-corrected chi connectivity index (χ1v) is 12.8. The molecular formula is C27H35ClN6O4. The van der Waals surface area contributed by atoms with E-state index < -0.39 is 11.3 Å². The van der Waals surface area contributed by atoms with Crippen molar-refractivity contribution in [3.63, 3.8) is 0 Å². The fourth-order valence-corrected chi connectivity index (χ4v) is 4.33. The highest BCUT2D eigenvalue weighted by Crippen LogP contribution is 2.25. The molecule has 3 aromatic rings. The molecule has 11 heteroatoms. The summed E-state index contributed by atoms with van der Waals surface area (Å²) in [7, 11) is 3.58. The molecule has 0 spiro atoms. The number of hydrogen-bond acceptors (Lipinski definition) is 6. The van der Waals surface area contributed by atoms with Gasteiger partial charge < -0.3 is 20.7 Å². The number of rotatable bonds is 11. The van der Waals surface area contributed by atoms with Crippen LogP contribution >= 0.6 is 11.6 Å². The van der Waals surface area contributed by atoms with Gasteiger partial charge >= 0.3 is 0 Å². The number of pyridine rings is 1. The van der Waals surface area contributed by atoms with Gasteiger partial charge in [-0.25, -0.2) is 9.67 Å². The molecule has 3 rings (SSSR count). The summed E-state index contributed by atoms with van der Waals surface area (Å²) >= 11 is 6.02. The Kier molecular flexibility index (Phi) is 9.35. The third-order valence-electron chi connectivity index (χ3n) is 6.13. The lowest BCUT2D eigenvalue weighted by molar-refractivity contribution is -0.118. The number of carbonyl (C=O) groups is 2. The van der Waals surface area contributed by atoms with Gasteiger partial charge in [0, 0.05) is 32.3 Å². The van der Waals surface area contributed by atoms with Crippen LogP contribution in [0.15, 0.2) is 47.4 Å². The smallest absolute Gasteiger partial charge is 0.295 e. The molecule has 0 radical (unpaired) electrons. The van der Waals surface area contributed by atoms with Crippen molar-refractivity contribution >= 4 is 29.1 Å². The Morgan fingerprint density at radius 1 is 1.21 bits per heavy atom. The van der Waals surface area contributed by atoms with Crippen LogP contribution < -0.4 is 26.2 Å². The number of ether oxygens (including phenoxy) is 1. The molecule has 2 amide bonds. The number of nitrogens with zero attached hydrogens (tertiary/aromatic N) is 3. The van der Waals surface area contributed by atoms with Crippen LogP contribution in [0.4, 0.5) is 5.69 Å². The van der Waals surface area contributed by atoms with Crippen LogP contribution in [0.2, 0.25) is 5.02 Å². The maximum atomic E-state index is 13.4. The fraction of sp³-hybridized carbons (Fsp3) is 0.407. The van der Waals surface area contributed by atoms with Crippen molar-refractivity contribution in [1.82, 2.24) is 25.0 Å².